The molecule has 1 aliphatic carbocycles. The van der Waals surface area contributed by atoms with Gasteiger partial charge in [-0.05, 0) is 74.8 Å². The first-order valence-corrected chi connectivity index (χ1v) is 7.38. The second-order valence-electron chi connectivity index (χ2n) is 5.37. The summed E-state index contributed by atoms with van der Waals surface area (Å²) in [5.41, 5.74) is 11.5. The molecule has 100 valence electrons. The van der Waals surface area contributed by atoms with Gasteiger partial charge in [-0.25, -0.2) is 0 Å². The normalized spacial score (nSPS) is 14.3. The van der Waals surface area contributed by atoms with Gasteiger partial charge in [0.25, 0.3) is 0 Å². The zero-order valence-corrected chi connectivity index (χ0v) is 11.6. The number of nitrogens with one attached hydrogen (secondary N) is 1. The maximum Gasteiger partial charge on any atom is 0.0375 e. The molecule has 0 saturated heterocycles. The number of rotatable bonds is 6. The SMILES string of the molecule is Cc1ccc(NCCCCCN)c2c1CCCC2. The van der Waals surface area contributed by atoms with E-state index in [1.807, 2.05) is 0 Å². The maximum absolute atomic E-state index is 5.51. The number of fused-ring (bicyclic) bond motifs is 1. The minimum Gasteiger partial charge on any atom is -0.385 e. The zero-order valence-electron chi connectivity index (χ0n) is 11.6. The van der Waals surface area contributed by atoms with Crippen LogP contribution in [0.2, 0.25) is 0 Å². The number of hydrogen-bond donors (Lipinski definition) is 2. The molecule has 2 heteroatoms. The van der Waals surface area contributed by atoms with Crippen LogP contribution in [0.5, 0.6) is 0 Å². The monoisotopic (exact) mass is 246 g/mol. The molecule has 0 fully saturated rings. The molecule has 18 heavy (non-hydrogen) atoms. The van der Waals surface area contributed by atoms with Gasteiger partial charge in [-0.2, -0.15) is 0 Å². The van der Waals surface area contributed by atoms with Gasteiger partial charge in [0.1, 0.15) is 0 Å². The molecule has 0 bridgehead atoms. The molecule has 0 heterocycles. The number of aryl methyl sites for hydroxylation is 1. The summed E-state index contributed by atoms with van der Waals surface area (Å²) in [6.07, 6.45) is 8.82. The molecule has 0 radical (unpaired) electrons. The van der Waals surface area contributed by atoms with E-state index in [0.29, 0.717) is 0 Å². The van der Waals surface area contributed by atoms with E-state index in [1.54, 1.807) is 11.1 Å². The van der Waals surface area contributed by atoms with Gasteiger partial charge >= 0.3 is 0 Å². The minimum atomic E-state index is 0.819. The molecule has 3 N–H and O–H groups in total. The average Bonchev–Trinajstić information content (AvgIpc) is 2.41. The lowest BCUT2D eigenvalue weighted by Crippen LogP contribution is -2.11. The first-order chi connectivity index (χ1) is 8.83. The van der Waals surface area contributed by atoms with Crippen molar-refractivity contribution in [3.8, 4) is 0 Å². The molecule has 0 unspecified atom stereocenters. The van der Waals surface area contributed by atoms with Gasteiger partial charge in [0, 0.05) is 12.2 Å². The predicted molar refractivity (Wildman–Crippen MR) is 79.2 cm³/mol. The van der Waals surface area contributed by atoms with Crippen LogP contribution < -0.4 is 11.1 Å². The van der Waals surface area contributed by atoms with Gasteiger partial charge < -0.3 is 11.1 Å². The van der Waals surface area contributed by atoms with Crippen molar-refractivity contribution in [3.05, 3.63) is 28.8 Å². The number of unbranched alkanes of at least 4 members (excludes halogenated alkanes) is 2. The summed E-state index contributed by atoms with van der Waals surface area (Å²) in [4.78, 5) is 0. The van der Waals surface area contributed by atoms with Crippen molar-refractivity contribution < 1.29 is 0 Å². The fraction of sp³-hybridized carbons (Fsp3) is 0.625. The second-order valence-corrected chi connectivity index (χ2v) is 5.37. The molecule has 1 aromatic rings. The number of hydrogen-bond acceptors (Lipinski definition) is 2. The molecule has 0 aromatic heterocycles. The van der Waals surface area contributed by atoms with Crippen molar-refractivity contribution in [2.75, 3.05) is 18.4 Å². The van der Waals surface area contributed by atoms with Crippen LogP contribution in [0.15, 0.2) is 12.1 Å². The van der Waals surface area contributed by atoms with Crippen molar-refractivity contribution in [1.82, 2.24) is 0 Å². The lowest BCUT2D eigenvalue weighted by molar-refractivity contribution is 0.679. The van der Waals surface area contributed by atoms with E-state index in [-0.39, 0.29) is 0 Å². The summed E-state index contributed by atoms with van der Waals surface area (Å²) in [5, 5.41) is 3.62. The topological polar surface area (TPSA) is 38.0 Å². The molecule has 0 atom stereocenters. The predicted octanol–water partition coefficient (Wildman–Crippen LogP) is 3.41. The minimum absolute atomic E-state index is 0.819. The van der Waals surface area contributed by atoms with Gasteiger partial charge in [-0.1, -0.05) is 12.5 Å². The van der Waals surface area contributed by atoms with Gasteiger partial charge in [0.05, 0.1) is 0 Å². The van der Waals surface area contributed by atoms with E-state index in [4.69, 9.17) is 5.73 Å². The standard InChI is InChI=1S/C16H26N2/c1-13-9-10-16(18-12-6-2-5-11-17)15-8-4-3-7-14(13)15/h9-10,18H,2-8,11-12,17H2,1H3. The van der Waals surface area contributed by atoms with Crippen molar-refractivity contribution >= 4 is 5.69 Å². The zero-order chi connectivity index (χ0) is 12.8. The fourth-order valence-corrected chi connectivity index (χ4v) is 2.88. The third-order valence-electron chi connectivity index (χ3n) is 3.97. The van der Waals surface area contributed by atoms with Gasteiger partial charge in [0.15, 0.2) is 0 Å². The first-order valence-electron chi connectivity index (χ1n) is 7.38. The fourth-order valence-electron chi connectivity index (χ4n) is 2.88. The van der Waals surface area contributed by atoms with E-state index >= 15 is 0 Å². The Balaban J connectivity index is 1.96. The highest BCUT2D eigenvalue weighted by Gasteiger charge is 2.14. The average molecular weight is 246 g/mol. The highest BCUT2D eigenvalue weighted by atomic mass is 14.9. The molecule has 2 rings (SSSR count). The van der Waals surface area contributed by atoms with Crippen LogP contribution in [0.3, 0.4) is 0 Å². The molecule has 0 amide bonds. The Morgan fingerprint density at radius 3 is 2.61 bits per heavy atom. The molecular formula is C16H26N2. The van der Waals surface area contributed by atoms with Crippen LogP contribution in [0, 0.1) is 6.92 Å². The van der Waals surface area contributed by atoms with Crippen LogP contribution in [-0.2, 0) is 12.8 Å². The Morgan fingerprint density at radius 2 is 1.83 bits per heavy atom. The molecular weight excluding hydrogens is 220 g/mol. The third kappa shape index (κ3) is 3.26. The maximum atomic E-state index is 5.51. The Morgan fingerprint density at radius 1 is 1.06 bits per heavy atom. The Labute approximate surface area is 111 Å². The molecule has 0 saturated carbocycles. The van der Waals surface area contributed by atoms with Crippen molar-refractivity contribution in [3.63, 3.8) is 0 Å². The van der Waals surface area contributed by atoms with Crippen LogP contribution >= 0.6 is 0 Å². The van der Waals surface area contributed by atoms with Crippen molar-refractivity contribution in [1.29, 1.82) is 0 Å². The van der Waals surface area contributed by atoms with Crippen LogP contribution in [-0.4, -0.2) is 13.1 Å². The summed E-state index contributed by atoms with van der Waals surface area (Å²) in [7, 11) is 0. The quantitative estimate of drug-likeness (QED) is 0.755. The molecule has 1 aromatic carbocycles. The van der Waals surface area contributed by atoms with Crippen molar-refractivity contribution in [2.24, 2.45) is 5.73 Å². The number of nitrogens with two attached hydrogens (primary N) is 1. The lowest BCUT2D eigenvalue weighted by atomic mass is 9.87. The Hall–Kier alpha value is -1.02. The number of benzene rings is 1. The van der Waals surface area contributed by atoms with E-state index in [0.717, 1.165) is 19.5 Å². The smallest absolute Gasteiger partial charge is 0.0375 e. The van der Waals surface area contributed by atoms with E-state index in [2.05, 4.69) is 24.4 Å². The van der Waals surface area contributed by atoms with Gasteiger partial charge in [-0.15, -0.1) is 0 Å². The summed E-state index contributed by atoms with van der Waals surface area (Å²) in [6.45, 7) is 4.14. The third-order valence-corrected chi connectivity index (χ3v) is 3.97. The van der Waals surface area contributed by atoms with Crippen LogP contribution in [0.4, 0.5) is 5.69 Å². The Kier molecular flexibility index (Phi) is 5.06. The lowest BCUT2D eigenvalue weighted by Gasteiger charge is -2.22. The summed E-state index contributed by atoms with van der Waals surface area (Å²) in [6, 6.07) is 4.54. The van der Waals surface area contributed by atoms with E-state index in [1.165, 1.54) is 49.8 Å². The highest BCUT2D eigenvalue weighted by Crippen LogP contribution is 2.30. The summed E-state index contributed by atoms with van der Waals surface area (Å²) >= 11 is 0. The first kappa shape index (κ1) is 13.4. The highest BCUT2D eigenvalue weighted by molar-refractivity contribution is 5.57. The molecule has 0 aliphatic heterocycles. The summed E-state index contributed by atoms with van der Waals surface area (Å²) in [5.74, 6) is 0. The van der Waals surface area contributed by atoms with Crippen molar-refractivity contribution in [2.45, 2.75) is 51.9 Å². The molecule has 2 nitrogen and oxygen atoms in total. The van der Waals surface area contributed by atoms with Gasteiger partial charge in [-0.3, -0.25) is 0 Å². The van der Waals surface area contributed by atoms with E-state index < -0.39 is 0 Å². The van der Waals surface area contributed by atoms with E-state index in [9.17, 15) is 0 Å². The number of anilines is 1. The molecule has 0 spiro atoms. The largest absolute Gasteiger partial charge is 0.385 e. The summed E-state index contributed by atoms with van der Waals surface area (Å²) < 4.78 is 0. The van der Waals surface area contributed by atoms with Crippen LogP contribution in [0.1, 0.15) is 48.8 Å². The Bertz CT molecular complexity index is 385. The second kappa shape index (κ2) is 6.79. The van der Waals surface area contributed by atoms with Crippen LogP contribution in [0.25, 0.3) is 0 Å². The molecule has 1 aliphatic rings. The van der Waals surface area contributed by atoms with Gasteiger partial charge in [0.2, 0.25) is 0 Å².